The van der Waals surface area contributed by atoms with Gasteiger partial charge in [-0.1, -0.05) is 13.0 Å². The van der Waals surface area contributed by atoms with Crippen LogP contribution in [0, 0.1) is 11.3 Å². The molecule has 0 aliphatic carbocycles. The molecule has 36 heavy (non-hydrogen) atoms. The Balaban J connectivity index is 1.44. The van der Waals surface area contributed by atoms with Crippen LogP contribution in [0.4, 0.5) is 5.69 Å². The molecule has 1 aliphatic rings. The number of fused-ring (bicyclic) bond motifs is 1. The number of benzene rings is 2. The number of nitrogens with one attached hydrogen (secondary N) is 1. The van der Waals surface area contributed by atoms with Gasteiger partial charge in [-0.2, -0.15) is 5.26 Å². The van der Waals surface area contributed by atoms with Gasteiger partial charge in [0.15, 0.2) is 5.65 Å². The first-order valence-corrected chi connectivity index (χ1v) is 12.7. The summed E-state index contributed by atoms with van der Waals surface area (Å²) >= 11 is 0. The van der Waals surface area contributed by atoms with Crippen molar-refractivity contribution in [2.24, 2.45) is 0 Å². The molecule has 0 atom stereocenters. The molecule has 7 nitrogen and oxygen atoms in total. The summed E-state index contributed by atoms with van der Waals surface area (Å²) in [7, 11) is 0. The standard InChI is InChI=1S/C29H31N5O2/c1-3-15-34(4-2)23-8-5-20(6-9-23)28-32-27-25(11-14-31-29(27)33-28)21-7-10-26(22(18-21)19-30)36-24-12-16-35-17-13-24/h5-11,14,18,24H,3-4,12-13,15-17H2,1-2H3,(H,31,32,33). The number of nitriles is 1. The van der Waals surface area contributed by atoms with Crippen LogP contribution in [-0.4, -0.2) is 47.4 Å². The summed E-state index contributed by atoms with van der Waals surface area (Å²) in [4.78, 5) is 15.1. The lowest BCUT2D eigenvalue weighted by atomic mass is 10.0. The van der Waals surface area contributed by atoms with Gasteiger partial charge in [0.1, 0.15) is 29.3 Å². The number of anilines is 1. The minimum atomic E-state index is 0.0796. The maximum atomic E-state index is 9.81. The number of hydrogen-bond acceptors (Lipinski definition) is 6. The van der Waals surface area contributed by atoms with E-state index in [0.717, 1.165) is 60.4 Å². The van der Waals surface area contributed by atoms with E-state index in [0.29, 0.717) is 30.2 Å². The van der Waals surface area contributed by atoms with Crippen LogP contribution in [-0.2, 0) is 4.74 Å². The van der Waals surface area contributed by atoms with Crippen LogP contribution < -0.4 is 9.64 Å². The Morgan fingerprint density at radius 3 is 2.58 bits per heavy atom. The molecule has 1 fully saturated rings. The lowest BCUT2D eigenvalue weighted by Gasteiger charge is -2.23. The highest BCUT2D eigenvalue weighted by Crippen LogP contribution is 2.32. The number of hydrogen-bond donors (Lipinski definition) is 1. The molecule has 0 saturated carbocycles. The maximum Gasteiger partial charge on any atom is 0.158 e. The average Bonchev–Trinajstić information content (AvgIpc) is 3.37. The highest BCUT2D eigenvalue weighted by Gasteiger charge is 2.18. The normalized spacial score (nSPS) is 14.0. The first-order chi connectivity index (χ1) is 17.7. The van der Waals surface area contributed by atoms with Crippen molar-refractivity contribution < 1.29 is 9.47 Å². The molecule has 0 spiro atoms. The lowest BCUT2D eigenvalue weighted by molar-refractivity contribution is 0.0254. The second kappa shape index (κ2) is 10.8. The molecule has 2 aromatic carbocycles. The molecule has 1 saturated heterocycles. The second-order valence-electron chi connectivity index (χ2n) is 9.02. The van der Waals surface area contributed by atoms with E-state index in [4.69, 9.17) is 14.5 Å². The molecule has 0 unspecified atom stereocenters. The molecule has 184 valence electrons. The van der Waals surface area contributed by atoms with E-state index >= 15 is 0 Å². The van der Waals surface area contributed by atoms with Gasteiger partial charge < -0.3 is 19.4 Å². The molecule has 7 heteroatoms. The molecular formula is C29H31N5O2. The fraction of sp³-hybridized carbons (Fsp3) is 0.345. The van der Waals surface area contributed by atoms with Crippen LogP contribution >= 0.6 is 0 Å². The summed E-state index contributed by atoms with van der Waals surface area (Å²) in [6.07, 6.45) is 4.64. The SMILES string of the molecule is CCCN(CC)c1ccc(-c2nc3c(-c4ccc(OC5CCOCC5)c(C#N)c4)ccnc3[nH]2)cc1. The average molecular weight is 482 g/mol. The molecular weight excluding hydrogens is 450 g/mol. The Labute approximate surface area is 211 Å². The van der Waals surface area contributed by atoms with E-state index in [9.17, 15) is 5.26 Å². The van der Waals surface area contributed by atoms with Gasteiger partial charge in [0.25, 0.3) is 0 Å². The number of rotatable bonds is 8. The highest BCUT2D eigenvalue weighted by molar-refractivity contribution is 5.91. The van der Waals surface area contributed by atoms with Crippen LogP contribution in [0.1, 0.15) is 38.7 Å². The molecule has 4 aromatic rings. The van der Waals surface area contributed by atoms with Crippen LogP contribution in [0.25, 0.3) is 33.7 Å². The molecule has 5 rings (SSSR count). The Hall–Kier alpha value is -3.89. The number of aromatic nitrogens is 3. The minimum absolute atomic E-state index is 0.0796. The van der Waals surface area contributed by atoms with Crippen LogP contribution in [0.2, 0.25) is 0 Å². The monoisotopic (exact) mass is 481 g/mol. The number of nitrogens with zero attached hydrogens (tertiary/aromatic N) is 4. The first kappa shape index (κ1) is 23.8. The van der Waals surface area contributed by atoms with Crippen molar-refractivity contribution in [1.29, 1.82) is 5.26 Å². The quantitative estimate of drug-likeness (QED) is 0.334. The highest BCUT2D eigenvalue weighted by atomic mass is 16.5. The molecule has 1 N–H and O–H groups in total. The summed E-state index contributed by atoms with van der Waals surface area (Å²) in [6.45, 7) is 7.78. The third-order valence-electron chi connectivity index (χ3n) is 6.64. The fourth-order valence-corrected chi connectivity index (χ4v) is 4.71. The van der Waals surface area contributed by atoms with Gasteiger partial charge in [-0.05, 0) is 61.4 Å². The van der Waals surface area contributed by atoms with Crippen molar-refractivity contribution >= 4 is 16.9 Å². The fourth-order valence-electron chi connectivity index (χ4n) is 4.71. The number of imidazole rings is 1. The van der Waals surface area contributed by atoms with Gasteiger partial charge in [-0.15, -0.1) is 0 Å². The van der Waals surface area contributed by atoms with Crippen molar-refractivity contribution in [3.8, 4) is 34.3 Å². The summed E-state index contributed by atoms with van der Waals surface area (Å²) in [5.41, 5.74) is 6.06. The summed E-state index contributed by atoms with van der Waals surface area (Å²) in [5.74, 6) is 1.39. The topological polar surface area (TPSA) is 87.1 Å². The van der Waals surface area contributed by atoms with Crippen LogP contribution in [0.15, 0.2) is 54.7 Å². The van der Waals surface area contributed by atoms with E-state index in [2.05, 4.69) is 59.1 Å². The van der Waals surface area contributed by atoms with E-state index in [1.807, 2.05) is 24.3 Å². The molecule has 2 aromatic heterocycles. The summed E-state index contributed by atoms with van der Waals surface area (Å²) in [5, 5.41) is 9.81. The largest absolute Gasteiger partial charge is 0.489 e. The Morgan fingerprint density at radius 2 is 1.86 bits per heavy atom. The van der Waals surface area contributed by atoms with Crippen LogP contribution in [0.5, 0.6) is 5.75 Å². The predicted molar refractivity (Wildman–Crippen MR) is 142 cm³/mol. The van der Waals surface area contributed by atoms with E-state index < -0.39 is 0 Å². The number of ether oxygens (including phenoxy) is 2. The van der Waals surface area contributed by atoms with E-state index in [1.54, 1.807) is 6.20 Å². The maximum absolute atomic E-state index is 9.81. The zero-order chi connectivity index (χ0) is 24.9. The first-order valence-electron chi connectivity index (χ1n) is 12.7. The van der Waals surface area contributed by atoms with Crippen molar-refractivity contribution in [3.63, 3.8) is 0 Å². The van der Waals surface area contributed by atoms with Crippen molar-refractivity contribution in [2.45, 2.75) is 39.2 Å². The van der Waals surface area contributed by atoms with Gasteiger partial charge in [0, 0.05) is 48.9 Å². The van der Waals surface area contributed by atoms with Crippen LogP contribution in [0.3, 0.4) is 0 Å². The molecule has 0 amide bonds. The zero-order valence-corrected chi connectivity index (χ0v) is 20.8. The van der Waals surface area contributed by atoms with Crippen molar-refractivity contribution in [1.82, 2.24) is 15.0 Å². The van der Waals surface area contributed by atoms with Crippen molar-refractivity contribution in [3.05, 3.63) is 60.3 Å². The van der Waals surface area contributed by atoms with Gasteiger partial charge in [-0.25, -0.2) is 9.97 Å². The lowest BCUT2D eigenvalue weighted by Crippen LogP contribution is -2.26. The number of H-pyrrole nitrogens is 1. The third kappa shape index (κ3) is 4.91. The Kier molecular flexibility index (Phi) is 7.15. The smallest absolute Gasteiger partial charge is 0.158 e. The zero-order valence-electron chi connectivity index (χ0n) is 20.8. The minimum Gasteiger partial charge on any atom is -0.489 e. The summed E-state index contributed by atoms with van der Waals surface area (Å²) < 4.78 is 11.5. The van der Waals surface area contributed by atoms with Gasteiger partial charge in [-0.3, -0.25) is 0 Å². The molecule has 0 radical (unpaired) electrons. The van der Waals surface area contributed by atoms with Gasteiger partial charge in [0.05, 0.1) is 18.8 Å². The third-order valence-corrected chi connectivity index (χ3v) is 6.64. The predicted octanol–water partition coefficient (Wildman–Crippen LogP) is 5.96. The van der Waals surface area contributed by atoms with Gasteiger partial charge >= 0.3 is 0 Å². The molecule has 1 aliphatic heterocycles. The number of pyridine rings is 1. The molecule has 0 bridgehead atoms. The number of aromatic amines is 1. The summed E-state index contributed by atoms with van der Waals surface area (Å²) in [6, 6.07) is 18.5. The van der Waals surface area contributed by atoms with Gasteiger partial charge in [0.2, 0.25) is 0 Å². The van der Waals surface area contributed by atoms with E-state index in [-0.39, 0.29) is 6.10 Å². The Bertz CT molecular complexity index is 1370. The van der Waals surface area contributed by atoms with Crippen molar-refractivity contribution in [2.75, 3.05) is 31.2 Å². The van der Waals surface area contributed by atoms with E-state index in [1.165, 1.54) is 5.69 Å². The second-order valence-corrected chi connectivity index (χ2v) is 9.02. The molecule has 3 heterocycles. The Morgan fingerprint density at radius 1 is 1.08 bits per heavy atom.